The van der Waals surface area contributed by atoms with Crippen LogP contribution in [0.5, 0.6) is 11.5 Å². The van der Waals surface area contributed by atoms with Crippen LogP contribution in [0, 0.1) is 28.5 Å². The molecule has 4 heterocycles. The second-order valence-electron chi connectivity index (χ2n) is 9.03. The van der Waals surface area contributed by atoms with Crippen LogP contribution >= 0.6 is 0 Å². The quantitative estimate of drug-likeness (QED) is 0.257. The minimum absolute atomic E-state index is 0.225. The highest BCUT2D eigenvalue weighted by Crippen LogP contribution is 2.32. The number of halogens is 1. The molecule has 0 saturated carbocycles. The molecule has 0 fully saturated rings. The van der Waals surface area contributed by atoms with E-state index in [4.69, 9.17) is 14.8 Å². The number of fused-ring (bicyclic) bond motifs is 1. The third kappa shape index (κ3) is 5.05. The van der Waals surface area contributed by atoms with E-state index in [1.165, 1.54) is 30.9 Å². The molecule has 4 aromatic heterocycles. The smallest absolute Gasteiger partial charge is 0.181 e. The van der Waals surface area contributed by atoms with E-state index in [1.807, 2.05) is 24.3 Å². The molecule has 0 atom stereocenters. The van der Waals surface area contributed by atoms with Crippen molar-refractivity contribution in [3.63, 3.8) is 0 Å². The van der Waals surface area contributed by atoms with Crippen molar-refractivity contribution in [2.45, 2.75) is 13.0 Å². The maximum absolute atomic E-state index is 14.5. The molecule has 2 aromatic carbocycles. The van der Waals surface area contributed by atoms with Crippen LogP contribution in [0.4, 0.5) is 4.39 Å². The number of benzene rings is 2. The lowest BCUT2D eigenvalue weighted by Crippen LogP contribution is -2.05. The molecule has 0 N–H and O–H groups in total. The van der Waals surface area contributed by atoms with Crippen molar-refractivity contribution in [1.29, 1.82) is 10.5 Å². The van der Waals surface area contributed by atoms with Crippen LogP contribution in [0.25, 0.3) is 22.4 Å². The standard InChI is InChI=1S/C31H19FN8O/c32-25-7-3-1-5-21(25)19-40-27-8-4-2-6-24(27)30(39-40)31-37-18-29(41-28-10-12-36-17-23(28)15-34)26(38-31)13-20-9-11-35-16-22(20)14-33/h1-12,16-18H,13,19H2. The molecule has 6 rings (SSSR count). The summed E-state index contributed by atoms with van der Waals surface area (Å²) in [5.74, 6) is 0.632. The molecule has 9 nitrogen and oxygen atoms in total. The number of para-hydroxylation sites is 1. The highest BCUT2D eigenvalue weighted by Gasteiger charge is 2.20. The lowest BCUT2D eigenvalue weighted by atomic mass is 10.1. The Morgan fingerprint density at radius 1 is 0.805 bits per heavy atom. The third-order valence-corrected chi connectivity index (χ3v) is 6.49. The minimum Gasteiger partial charge on any atom is -0.452 e. The van der Waals surface area contributed by atoms with Crippen LogP contribution in [-0.4, -0.2) is 29.7 Å². The first-order valence-corrected chi connectivity index (χ1v) is 12.5. The number of hydrogen-bond acceptors (Lipinski definition) is 8. The fourth-order valence-corrected chi connectivity index (χ4v) is 4.46. The minimum atomic E-state index is -0.313. The van der Waals surface area contributed by atoms with Gasteiger partial charge in [-0.2, -0.15) is 15.6 Å². The molecule has 0 amide bonds. The Bertz CT molecular complexity index is 1990. The lowest BCUT2D eigenvalue weighted by molar-refractivity contribution is 0.469. The van der Waals surface area contributed by atoms with Gasteiger partial charge in [0.1, 0.15) is 35.0 Å². The third-order valence-electron chi connectivity index (χ3n) is 6.49. The van der Waals surface area contributed by atoms with Crippen LogP contribution in [0.3, 0.4) is 0 Å². The Hall–Kier alpha value is -6.00. The highest BCUT2D eigenvalue weighted by molar-refractivity contribution is 5.91. The van der Waals surface area contributed by atoms with Crippen LogP contribution in [0.1, 0.15) is 27.9 Å². The lowest BCUT2D eigenvalue weighted by Gasteiger charge is -2.12. The molecule has 0 aliphatic heterocycles. The van der Waals surface area contributed by atoms with Crippen molar-refractivity contribution in [1.82, 2.24) is 29.7 Å². The Morgan fingerprint density at radius 2 is 1.56 bits per heavy atom. The van der Waals surface area contributed by atoms with Crippen LogP contribution in [0.2, 0.25) is 0 Å². The zero-order chi connectivity index (χ0) is 28.2. The van der Waals surface area contributed by atoms with E-state index in [0.717, 1.165) is 10.9 Å². The van der Waals surface area contributed by atoms with Crippen molar-refractivity contribution >= 4 is 10.9 Å². The molecule has 0 bridgehead atoms. The Kier molecular flexibility index (Phi) is 6.79. The summed E-state index contributed by atoms with van der Waals surface area (Å²) in [4.78, 5) is 17.4. The van der Waals surface area contributed by atoms with E-state index >= 15 is 0 Å². The monoisotopic (exact) mass is 538 g/mol. The largest absolute Gasteiger partial charge is 0.452 e. The molecule has 0 aliphatic rings. The van der Waals surface area contributed by atoms with Crippen LogP contribution in [-0.2, 0) is 13.0 Å². The first kappa shape index (κ1) is 25.3. The molecular weight excluding hydrogens is 519 g/mol. The fourth-order valence-electron chi connectivity index (χ4n) is 4.46. The Morgan fingerprint density at radius 3 is 2.39 bits per heavy atom. The molecule has 41 heavy (non-hydrogen) atoms. The van der Waals surface area contributed by atoms with Gasteiger partial charge in [-0.15, -0.1) is 0 Å². The van der Waals surface area contributed by atoms with Crippen molar-refractivity contribution in [3.8, 4) is 35.2 Å². The van der Waals surface area contributed by atoms with Gasteiger partial charge in [-0.25, -0.2) is 14.4 Å². The van der Waals surface area contributed by atoms with Crippen molar-refractivity contribution in [2.75, 3.05) is 0 Å². The van der Waals surface area contributed by atoms with Gasteiger partial charge in [0.2, 0.25) is 0 Å². The van der Waals surface area contributed by atoms with Crippen molar-refractivity contribution in [3.05, 3.63) is 125 Å². The normalized spacial score (nSPS) is 10.7. The summed E-state index contributed by atoms with van der Waals surface area (Å²) in [6.45, 7) is 0.225. The maximum Gasteiger partial charge on any atom is 0.181 e. The van der Waals surface area contributed by atoms with Gasteiger partial charge in [0.25, 0.3) is 0 Å². The second kappa shape index (κ2) is 11.0. The Labute approximate surface area is 233 Å². The predicted molar refractivity (Wildman–Crippen MR) is 147 cm³/mol. The number of rotatable bonds is 7. The topological polar surface area (TPSA) is 126 Å². The average molecular weight is 539 g/mol. The highest BCUT2D eigenvalue weighted by atomic mass is 19.1. The molecule has 0 saturated heterocycles. The van der Waals surface area contributed by atoms with Gasteiger partial charge in [-0.3, -0.25) is 14.6 Å². The molecule has 0 spiro atoms. The van der Waals surface area contributed by atoms with Crippen molar-refractivity contribution in [2.24, 2.45) is 0 Å². The molecule has 6 aromatic rings. The first-order chi connectivity index (χ1) is 20.1. The SMILES string of the molecule is N#Cc1cnccc1Cc1nc(-c2nn(Cc3ccccc3F)c3ccccc23)ncc1Oc1ccncc1C#N. The molecule has 0 aliphatic carbocycles. The van der Waals surface area contributed by atoms with Gasteiger partial charge < -0.3 is 4.74 Å². The Balaban J connectivity index is 1.47. The van der Waals surface area contributed by atoms with Crippen LogP contribution < -0.4 is 4.74 Å². The first-order valence-electron chi connectivity index (χ1n) is 12.5. The number of nitrogens with zero attached hydrogens (tertiary/aromatic N) is 8. The predicted octanol–water partition coefficient (Wildman–Crippen LogP) is 5.60. The van der Waals surface area contributed by atoms with Gasteiger partial charge in [-0.1, -0.05) is 36.4 Å². The summed E-state index contributed by atoms with van der Waals surface area (Å²) in [7, 11) is 0. The molecule has 0 radical (unpaired) electrons. The van der Waals surface area contributed by atoms with Gasteiger partial charge in [0.15, 0.2) is 11.6 Å². The van der Waals surface area contributed by atoms with E-state index in [9.17, 15) is 14.9 Å². The molecular formula is C31H19FN8O. The molecule has 10 heteroatoms. The van der Waals surface area contributed by atoms with E-state index < -0.39 is 0 Å². The number of aromatic nitrogens is 6. The van der Waals surface area contributed by atoms with E-state index in [2.05, 4.69) is 27.1 Å². The number of ether oxygens (including phenoxy) is 1. The molecule has 196 valence electrons. The van der Waals surface area contributed by atoms with E-state index in [-0.39, 0.29) is 24.3 Å². The summed E-state index contributed by atoms with van der Waals surface area (Å²) >= 11 is 0. The second-order valence-corrected chi connectivity index (χ2v) is 9.03. The maximum atomic E-state index is 14.5. The summed E-state index contributed by atoms with van der Waals surface area (Å²) in [6.07, 6.45) is 7.79. The van der Waals surface area contributed by atoms with Crippen LogP contribution in [0.15, 0.2) is 91.6 Å². The average Bonchev–Trinajstić information content (AvgIpc) is 3.38. The number of nitriles is 2. The summed E-state index contributed by atoms with van der Waals surface area (Å²) in [6, 6.07) is 21.7. The summed E-state index contributed by atoms with van der Waals surface area (Å²) < 4.78 is 22.3. The van der Waals surface area contributed by atoms with Gasteiger partial charge in [0.05, 0.1) is 29.5 Å². The zero-order valence-electron chi connectivity index (χ0n) is 21.4. The van der Waals surface area contributed by atoms with Gasteiger partial charge in [-0.05, 0) is 23.8 Å². The van der Waals surface area contributed by atoms with Gasteiger partial charge in [0, 0.05) is 48.2 Å². The number of pyridine rings is 2. The van der Waals surface area contributed by atoms with Gasteiger partial charge >= 0.3 is 0 Å². The molecule has 0 unspecified atom stereocenters. The van der Waals surface area contributed by atoms with E-state index in [0.29, 0.717) is 45.4 Å². The summed E-state index contributed by atoms with van der Waals surface area (Å²) in [5.41, 5.74) is 3.65. The summed E-state index contributed by atoms with van der Waals surface area (Å²) in [5, 5.41) is 24.7. The number of hydrogen-bond donors (Lipinski definition) is 0. The van der Waals surface area contributed by atoms with Crippen molar-refractivity contribution < 1.29 is 9.13 Å². The van der Waals surface area contributed by atoms with E-state index in [1.54, 1.807) is 41.2 Å². The fraction of sp³-hybridized carbons (Fsp3) is 0.0645. The zero-order valence-corrected chi connectivity index (χ0v) is 21.4.